The van der Waals surface area contributed by atoms with E-state index in [0.29, 0.717) is 22.1 Å². The van der Waals surface area contributed by atoms with Crippen LogP contribution in [0.4, 0.5) is 0 Å². The average molecular weight is 407 g/mol. The number of halogens is 2. The number of hydrogen-bond donors (Lipinski definition) is 0. The van der Waals surface area contributed by atoms with E-state index < -0.39 is 5.97 Å². The van der Waals surface area contributed by atoms with E-state index in [-0.39, 0.29) is 18.4 Å². The van der Waals surface area contributed by atoms with Gasteiger partial charge in [0.1, 0.15) is 0 Å². The highest BCUT2D eigenvalue weighted by molar-refractivity contribution is 9.10. The quantitative estimate of drug-likeness (QED) is 0.555. The second kappa shape index (κ2) is 5.96. The van der Waals surface area contributed by atoms with Gasteiger partial charge in [-0.15, -0.1) is 0 Å². The molecule has 0 saturated carbocycles. The van der Waals surface area contributed by atoms with Gasteiger partial charge in [-0.1, -0.05) is 33.6 Å². The second-order valence-electron chi connectivity index (χ2n) is 5.07. The Balaban J connectivity index is 1.71. The van der Waals surface area contributed by atoms with Crippen molar-refractivity contribution < 1.29 is 19.0 Å². The Labute approximate surface area is 150 Å². The molecule has 0 aliphatic carbocycles. The highest BCUT2D eigenvalue weighted by Gasteiger charge is 2.25. The van der Waals surface area contributed by atoms with Crippen LogP contribution in [0.3, 0.4) is 0 Å². The minimum atomic E-state index is -0.519. The molecule has 0 aromatic heterocycles. The van der Waals surface area contributed by atoms with Gasteiger partial charge in [0.25, 0.3) is 0 Å². The van der Waals surface area contributed by atoms with Gasteiger partial charge in [-0.3, -0.25) is 0 Å². The summed E-state index contributed by atoms with van der Waals surface area (Å²) in [6.45, 7) is 0.181. The van der Waals surface area contributed by atoms with Gasteiger partial charge < -0.3 is 14.2 Å². The van der Waals surface area contributed by atoms with Gasteiger partial charge in [-0.25, -0.2) is 9.79 Å². The summed E-state index contributed by atoms with van der Waals surface area (Å²) in [7, 11) is 0. The maximum Gasteiger partial charge on any atom is 0.363 e. The number of esters is 1. The van der Waals surface area contributed by atoms with Crippen LogP contribution in [0, 0.1) is 0 Å². The van der Waals surface area contributed by atoms with Crippen molar-refractivity contribution in [1.29, 1.82) is 0 Å². The van der Waals surface area contributed by atoms with Crippen LogP contribution in [0.15, 0.2) is 51.6 Å². The Morgan fingerprint density at radius 3 is 2.75 bits per heavy atom. The molecule has 5 nitrogen and oxygen atoms in total. The van der Waals surface area contributed by atoms with Crippen molar-refractivity contribution in [2.75, 3.05) is 6.79 Å². The first kappa shape index (κ1) is 15.2. The number of carbonyl (C=O) groups is 1. The SMILES string of the molecule is O=C1OC(c2cccc(Cl)c2)=NC1=Cc1cc2c(cc1Br)OCO2. The molecule has 2 heterocycles. The predicted octanol–water partition coefficient (Wildman–Crippen LogP) is 4.18. The zero-order valence-electron chi connectivity index (χ0n) is 12.1. The van der Waals surface area contributed by atoms with Gasteiger partial charge in [0.15, 0.2) is 17.2 Å². The normalized spacial score (nSPS) is 17.2. The van der Waals surface area contributed by atoms with Crippen molar-refractivity contribution >= 4 is 45.5 Å². The van der Waals surface area contributed by atoms with Crippen molar-refractivity contribution in [2.45, 2.75) is 0 Å². The molecular weight excluding hydrogens is 398 g/mol. The van der Waals surface area contributed by atoms with E-state index in [4.69, 9.17) is 25.8 Å². The summed E-state index contributed by atoms with van der Waals surface area (Å²) < 4.78 is 16.7. The maximum absolute atomic E-state index is 12.1. The third kappa shape index (κ3) is 2.79. The van der Waals surface area contributed by atoms with E-state index in [1.807, 2.05) is 0 Å². The number of aliphatic imine (C=N–C) groups is 1. The lowest BCUT2D eigenvalue weighted by Gasteiger charge is -2.02. The number of hydrogen-bond acceptors (Lipinski definition) is 5. The molecule has 0 atom stereocenters. The molecule has 2 aliphatic heterocycles. The van der Waals surface area contributed by atoms with Crippen molar-refractivity contribution in [2.24, 2.45) is 4.99 Å². The fourth-order valence-electron chi connectivity index (χ4n) is 2.34. The second-order valence-corrected chi connectivity index (χ2v) is 6.36. The fraction of sp³-hybridized carbons (Fsp3) is 0.0588. The van der Waals surface area contributed by atoms with Gasteiger partial charge in [-0.2, -0.15) is 0 Å². The summed E-state index contributed by atoms with van der Waals surface area (Å²) in [5, 5.41) is 0.544. The molecule has 0 radical (unpaired) electrons. The Kier molecular flexibility index (Phi) is 3.78. The Morgan fingerprint density at radius 2 is 1.96 bits per heavy atom. The molecule has 4 rings (SSSR count). The van der Waals surface area contributed by atoms with Crippen LogP contribution < -0.4 is 9.47 Å². The first-order chi connectivity index (χ1) is 11.6. The smallest absolute Gasteiger partial charge is 0.363 e. The van der Waals surface area contributed by atoms with Crippen LogP contribution >= 0.6 is 27.5 Å². The molecule has 0 saturated heterocycles. The van der Waals surface area contributed by atoms with Gasteiger partial charge in [0, 0.05) is 15.1 Å². The first-order valence-corrected chi connectivity index (χ1v) is 8.15. The van der Waals surface area contributed by atoms with Crippen LogP contribution in [0.1, 0.15) is 11.1 Å². The van der Waals surface area contributed by atoms with Crippen molar-refractivity contribution in [3.8, 4) is 11.5 Å². The summed E-state index contributed by atoms with van der Waals surface area (Å²) in [4.78, 5) is 16.3. The van der Waals surface area contributed by atoms with Gasteiger partial charge in [0.05, 0.1) is 0 Å². The van der Waals surface area contributed by atoms with Gasteiger partial charge in [0.2, 0.25) is 12.7 Å². The minimum absolute atomic E-state index is 0.181. The standard InChI is InChI=1S/C17H9BrClNO4/c18-12-7-15-14(22-8-23-15)6-10(12)5-13-17(21)24-16(20-13)9-2-1-3-11(19)4-9/h1-7H,8H2. The first-order valence-electron chi connectivity index (χ1n) is 6.98. The van der Waals surface area contributed by atoms with E-state index >= 15 is 0 Å². The molecule has 0 amide bonds. The summed E-state index contributed by atoms with van der Waals surface area (Å²) in [6.07, 6.45) is 1.63. The molecule has 0 unspecified atom stereocenters. The molecule has 2 aromatic rings. The number of benzene rings is 2. The summed E-state index contributed by atoms with van der Waals surface area (Å²) >= 11 is 9.41. The number of ether oxygens (including phenoxy) is 3. The lowest BCUT2D eigenvalue weighted by molar-refractivity contribution is -0.129. The molecular formula is C17H9BrClNO4. The number of nitrogens with zero attached hydrogens (tertiary/aromatic N) is 1. The fourth-order valence-corrected chi connectivity index (χ4v) is 2.97. The zero-order chi connectivity index (χ0) is 16.7. The average Bonchev–Trinajstić information content (AvgIpc) is 3.14. The van der Waals surface area contributed by atoms with E-state index in [0.717, 1.165) is 10.0 Å². The summed E-state index contributed by atoms with van der Waals surface area (Å²) in [5.74, 6) is 0.983. The van der Waals surface area contributed by atoms with E-state index in [1.54, 1.807) is 42.5 Å². The van der Waals surface area contributed by atoms with Crippen LogP contribution in [0.5, 0.6) is 11.5 Å². The third-order valence-electron chi connectivity index (χ3n) is 3.48. The largest absolute Gasteiger partial charge is 0.454 e. The van der Waals surface area contributed by atoms with Crippen LogP contribution in [-0.2, 0) is 9.53 Å². The molecule has 7 heteroatoms. The molecule has 0 N–H and O–H groups in total. The Bertz CT molecular complexity index is 923. The Morgan fingerprint density at radius 1 is 1.17 bits per heavy atom. The van der Waals surface area contributed by atoms with Crippen molar-refractivity contribution in [3.05, 3.63) is 62.7 Å². The monoisotopic (exact) mass is 405 g/mol. The molecule has 2 aromatic carbocycles. The Hall–Kier alpha value is -2.31. The molecule has 2 aliphatic rings. The molecule has 120 valence electrons. The summed E-state index contributed by atoms with van der Waals surface area (Å²) in [5.41, 5.74) is 1.58. The topological polar surface area (TPSA) is 57.1 Å². The number of rotatable bonds is 2. The molecule has 24 heavy (non-hydrogen) atoms. The number of cyclic esters (lactones) is 1. The van der Waals surface area contributed by atoms with Gasteiger partial charge in [-0.05, 0) is 42.0 Å². The van der Waals surface area contributed by atoms with Crippen molar-refractivity contribution in [1.82, 2.24) is 0 Å². The van der Waals surface area contributed by atoms with E-state index in [1.165, 1.54) is 0 Å². The predicted molar refractivity (Wildman–Crippen MR) is 92.3 cm³/mol. The lowest BCUT2D eigenvalue weighted by atomic mass is 10.1. The van der Waals surface area contributed by atoms with Crippen molar-refractivity contribution in [3.63, 3.8) is 0 Å². The van der Waals surface area contributed by atoms with Crippen LogP contribution in [0.25, 0.3) is 6.08 Å². The van der Waals surface area contributed by atoms with E-state index in [9.17, 15) is 4.79 Å². The van der Waals surface area contributed by atoms with Crippen LogP contribution in [-0.4, -0.2) is 18.7 Å². The highest BCUT2D eigenvalue weighted by atomic mass is 79.9. The zero-order valence-corrected chi connectivity index (χ0v) is 14.4. The number of fused-ring (bicyclic) bond motifs is 1. The summed E-state index contributed by atoms with van der Waals surface area (Å²) in [6, 6.07) is 10.5. The van der Waals surface area contributed by atoms with Crippen LogP contribution in [0.2, 0.25) is 5.02 Å². The minimum Gasteiger partial charge on any atom is -0.454 e. The third-order valence-corrected chi connectivity index (χ3v) is 4.40. The van der Waals surface area contributed by atoms with E-state index in [2.05, 4.69) is 20.9 Å². The molecule has 0 bridgehead atoms. The lowest BCUT2D eigenvalue weighted by Crippen LogP contribution is -2.05. The molecule has 0 spiro atoms. The highest BCUT2D eigenvalue weighted by Crippen LogP contribution is 2.38. The molecule has 0 fully saturated rings. The number of carbonyl (C=O) groups excluding carboxylic acids is 1. The maximum atomic E-state index is 12.1. The van der Waals surface area contributed by atoms with Gasteiger partial charge >= 0.3 is 5.97 Å².